The topological polar surface area (TPSA) is 113 Å². The zero-order valence-corrected chi connectivity index (χ0v) is 20.5. The van der Waals surface area contributed by atoms with Gasteiger partial charge in [0.1, 0.15) is 29.4 Å². The predicted octanol–water partition coefficient (Wildman–Crippen LogP) is 2.43. The van der Waals surface area contributed by atoms with E-state index in [0.29, 0.717) is 43.6 Å². The number of nitrogens with zero attached hydrogens (tertiary/aromatic N) is 5. The molecule has 10 heteroatoms. The molecule has 2 aromatic heterocycles. The Hall–Kier alpha value is -3.27. The van der Waals surface area contributed by atoms with E-state index in [1.54, 1.807) is 17.3 Å². The number of anilines is 3. The van der Waals surface area contributed by atoms with Crippen LogP contribution < -0.4 is 20.3 Å². The Morgan fingerprint density at radius 3 is 2.64 bits per heavy atom. The molecule has 0 radical (unpaired) electrons. The lowest BCUT2D eigenvalue weighted by atomic mass is 9.76. The summed E-state index contributed by atoms with van der Waals surface area (Å²) in [5.41, 5.74) is -0.182. The summed E-state index contributed by atoms with van der Waals surface area (Å²) in [7, 11) is 0. The Labute approximate surface area is 210 Å². The number of hydrogen-bond acceptors (Lipinski definition) is 8. The van der Waals surface area contributed by atoms with Crippen molar-refractivity contribution < 1.29 is 14.3 Å². The highest BCUT2D eigenvalue weighted by atomic mass is 16.5. The molecule has 0 unspecified atom stereocenters. The molecule has 2 saturated heterocycles. The van der Waals surface area contributed by atoms with Crippen LogP contribution in [0, 0.1) is 5.41 Å². The van der Waals surface area contributed by atoms with Gasteiger partial charge in [0, 0.05) is 37.3 Å². The van der Waals surface area contributed by atoms with Gasteiger partial charge in [-0.1, -0.05) is 12.8 Å². The quantitative estimate of drug-likeness (QED) is 0.568. The van der Waals surface area contributed by atoms with Crippen molar-refractivity contribution in [1.82, 2.24) is 25.2 Å². The first-order valence-corrected chi connectivity index (χ1v) is 13.2. The highest BCUT2D eigenvalue weighted by Crippen LogP contribution is 2.44. The molecule has 2 amide bonds. The van der Waals surface area contributed by atoms with Gasteiger partial charge in [0.25, 0.3) is 0 Å². The van der Waals surface area contributed by atoms with E-state index in [1.165, 1.54) is 12.8 Å². The molecule has 2 aromatic rings. The summed E-state index contributed by atoms with van der Waals surface area (Å²) < 4.78 is 5.84. The molecule has 6 rings (SSSR count). The summed E-state index contributed by atoms with van der Waals surface area (Å²) in [6.45, 7) is 4.42. The van der Waals surface area contributed by atoms with Gasteiger partial charge >= 0.3 is 0 Å². The van der Waals surface area contributed by atoms with Crippen molar-refractivity contribution in [3.05, 3.63) is 30.1 Å². The minimum atomic E-state index is -1.03. The van der Waals surface area contributed by atoms with E-state index in [2.05, 4.69) is 25.5 Å². The van der Waals surface area contributed by atoms with Crippen LogP contribution in [0.25, 0.3) is 0 Å². The van der Waals surface area contributed by atoms with Gasteiger partial charge in [0.15, 0.2) is 0 Å². The summed E-state index contributed by atoms with van der Waals surface area (Å²) >= 11 is 0. The lowest BCUT2D eigenvalue weighted by Gasteiger charge is -2.40. The van der Waals surface area contributed by atoms with Gasteiger partial charge in [-0.3, -0.25) is 19.4 Å². The second-order valence-electron chi connectivity index (χ2n) is 10.3. The number of carbonyl (C=O) groups excluding carboxylic acids is 2. The summed E-state index contributed by atoms with van der Waals surface area (Å²) in [4.78, 5) is 44.4. The van der Waals surface area contributed by atoms with E-state index in [0.717, 1.165) is 56.6 Å². The molecule has 0 aromatic carbocycles. The van der Waals surface area contributed by atoms with E-state index in [9.17, 15) is 9.59 Å². The zero-order chi connectivity index (χ0) is 24.5. The maximum atomic E-state index is 13.7. The first-order chi connectivity index (χ1) is 17.6. The molecule has 10 nitrogen and oxygen atoms in total. The van der Waals surface area contributed by atoms with Crippen molar-refractivity contribution in [2.75, 3.05) is 43.0 Å². The fraction of sp³-hybridized carbons (Fsp3) is 0.577. The van der Waals surface area contributed by atoms with E-state index >= 15 is 0 Å². The zero-order valence-electron chi connectivity index (χ0n) is 20.5. The van der Waals surface area contributed by atoms with Crippen LogP contribution in [-0.2, 0) is 16.0 Å². The van der Waals surface area contributed by atoms with Gasteiger partial charge in [0.05, 0.1) is 6.20 Å². The average Bonchev–Trinajstić information content (AvgIpc) is 3.66. The number of pyridine rings is 1. The van der Waals surface area contributed by atoms with Crippen molar-refractivity contribution >= 4 is 29.4 Å². The van der Waals surface area contributed by atoms with Crippen molar-refractivity contribution in [3.8, 4) is 5.75 Å². The lowest BCUT2D eigenvalue weighted by Crippen LogP contribution is -2.56. The molecule has 1 atom stereocenters. The Kier molecular flexibility index (Phi) is 6.20. The lowest BCUT2D eigenvalue weighted by molar-refractivity contribution is -0.140. The highest BCUT2D eigenvalue weighted by molar-refractivity contribution is 6.14. The fourth-order valence-electron chi connectivity index (χ4n) is 6.02. The Bertz CT molecular complexity index is 1130. The molecule has 1 spiro atoms. The third-order valence-corrected chi connectivity index (χ3v) is 8.00. The molecule has 1 saturated carbocycles. The van der Waals surface area contributed by atoms with E-state index in [-0.39, 0.29) is 17.9 Å². The molecular formula is C26H33N7O3. The molecule has 3 aliphatic heterocycles. The van der Waals surface area contributed by atoms with E-state index < -0.39 is 5.41 Å². The minimum Gasteiger partial charge on any atom is -0.491 e. The van der Waals surface area contributed by atoms with E-state index in [1.807, 2.05) is 12.1 Å². The number of ether oxygens (including phenoxy) is 1. The van der Waals surface area contributed by atoms with Gasteiger partial charge in [-0.15, -0.1) is 0 Å². The summed E-state index contributed by atoms with van der Waals surface area (Å²) in [5.74, 6) is 2.04. The number of likely N-dealkylation sites (tertiary alicyclic amines) is 1. The molecular weight excluding hydrogens is 458 g/mol. The highest BCUT2D eigenvalue weighted by Gasteiger charge is 2.56. The van der Waals surface area contributed by atoms with Crippen LogP contribution in [0.2, 0.25) is 0 Å². The van der Waals surface area contributed by atoms with Crippen molar-refractivity contribution in [2.24, 2.45) is 5.41 Å². The standard InChI is InChI=1S/C26H33N7O3/c34-23-26(9-10-27-23)15-18-16-29-25(31-22(18)33(24(26)35)19-5-1-2-6-19)30-21-8-7-20(17-28-21)36-14-13-32-11-3-4-12-32/h7-8,16-17,19H,1-6,9-15H2,(H,27,34)(H,28,29,30,31)/t26-/m1/s1. The average molecular weight is 492 g/mol. The number of carbonyl (C=O) groups is 2. The smallest absolute Gasteiger partial charge is 0.244 e. The van der Waals surface area contributed by atoms with Crippen LogP contribution in [0.15, 0.2) is 24.5 Å². The van der Waals surface area contributed by atoms with Gasteiger partial charge < -0.3 is 15.4 Å². The fourth-order valence-corrected chi connectivity index (χ4v) is 6.02. The Balaban J connectivity index is 1.18. The molecule has 3 fully saturated rings. The maximum absolute atomic E-state index is 13.7. The largest absolute Gasteiger partial charge is 0.491 e. The second kappa shape index (κ2) is 9.65. The maximum Gasteiger partial charge on any atom is 0.244 e. The van der Waals surface area contributed by atoms with Gasteiger partial charge in [-0.2, -0.15) is 4.98 Å². The number of hydrogen-bond donors (Lipinski definition) is 2. The summed E-state index contributed by atoms with van der Waals surface area (Å²) in [5, 5.41) is 6.03. The van der Waals surface area contributed by atoms with Gasteiger partial charge in [0.2, 0.25) is 17.8 Å². The molecule has 4 aliphatic rings. The number of rotatable bonds is 7. The van der Waals surface area contributed by atoms with Crippen LogP contribution in [0.1, 0.15) is 50.5 Å². The molecule has 5 heterocycles. The van der Waals surface area contributed by atoms with Crippen LogP contribution >= 0.6 is 0 Å². The molecule has 36 heavy (non-hydrogen) atoms. The second-order valence-corrected chi connectivity index (χ2v) is 10.3. The van der Waals surface area contributed by atoms with Crippen molar-refractivity contribution in [3.63, 3.8) is 0 Å². The number of aromatic nitrogens is 3. The summed E-state index contributed by atoms with van der Waals surface area (Å²) in [6, 6.07) is 3.79. The Morgan fingerprint density at radius 2 is 1.92 bits per heavy atom. The molecule has 1 aliphatic carbocycles. The molecule has 190 valence electrons. The third kappa shape index (κ3) is 4.27. The molecule has 0 bridgehead atoms. The van der Waals surface area contributed by atoms with Crippen molar-refractivity contribution in [1.29, 1.82) is 0 Å². The van der Waals surface area contributed by atoms with Crippen LogP contribution in [0.5, 0.6) is 5.75 Å². The Morgan fingerprint density at radius 1 is 1.08 bits per heavy atom. The first-order valence-electron chi connectivity index (χ1n) is 13.2. The van der Waals surface area contributed by atoms with Gasteiger partial charge in [-0.05, 0) is 57.3 Å². The number of nitrogens with one attached hydrogen (secondary N) is 2. The van der Waals surface area contributed by atoms with Crippen molar-refractivity contribution in [2.45, 2.75) is 57.4 Å². The number of fused-ring (bicyclic) bond motifs is 1. The molecule has 2 N–H and O–H groups in total. The monoisotopic (exact) mass is 491 g/mol. The van der Waals surface area contributed by atoms with Crippen LogP contribution in [0.3, 0.4) is 0 Å². The van der Waals surface area contributed by atoms with Crippen LogP contribution in [-0.4, -0.2) is 70.5 Å². The van der Waals surface area contributed by atoms with Crippen LogP contribution in [0.4, 0.5) is 17.6 Å². The van der Waals surface area contributed by atoms with Gasteiger partial charge in [-0.25, -0.2) is 9.97 Å². The minimum absolute atomic E-state index is 0.0692. The third-order valence-electron chi connectivity index (χ3n) is 8.00. The number of amides is 2. The van der Waals surface area contributed by atoms with E-state index in [4.69, 9.17) is 9.72 Å². The predicted molar refractivity (Wildman–Crippen MR) is 134 cm³/mol. The summed E-state index contributed by atoms with van der Waals surface area (Å²) in [6.07, 6.45) is 10.9. The SMILES string of the molecule is O=C1NCC[C@@]12Cc1cnc(Nc3ccc(OCCN4CCCC4)cn3)nc1N(C1CCCC1)C2=O. The normalized spacial score (nSPS) is 24.4. The first kappa shape index (κ1) is 23.1.